The van der Waals surface area contributed by atoms with E-state index in [0.717, 1.165) is 12.1 Å². The number of aromatic nitrogens is 1. The van der Waals surface area contributed by atoms with Crippen LogP contribution in [0.2, 0.25) is 5.02 Å². The quantitative estimate of drug-likeness (QED) is 0.835. The molecule has 24 heavy (non-hydrogen) atoms. The van der Waals surface area contributed by atoms with Gasteiger partial charge in [0.05, 0.1) is 35.6 Å². The molecule has 2 amide bonds. The SMILES string of the molecule is CCc1cc(CN(C)C(=O)Nc2ccc(C(=O)OC)cc2Cl)on1. The van der Waals surface area contributed by atoms with Crippen molar-refractivity contribution in [1.29, 1.82) is 0 Å². The Labute approximate surface area is 144 Å². The molecule has 0 spiro atoms. The van der Waals surface area contributed by atoms with E-state index < -0.39 is 5.97 Å². The molecule has 0 aliphatic rings. The molecule has 1 heterocycles. The van der Waals surface area contributed by atoms with Crippen molar-refractivity contribution in [3.8, 4) is 0 Å². The molecule has 0 fully saturated rings. The summed E-state index contributed by atoms with van der Waals surface area (Å²) in [6, 6.07) is 5.95. The maximum Gasteiger partial charge on any atom is 0.337 e. The van der Waals surface area contributed by atoms with E-state index in [1.807, 2.05) is 13.0 Å². The van der Waals surface area contributed by atoms with E-state index in [-0.39, 0.29) is 17.6 Å². The standard InChI is InChI=1S/C16H18ClN3O4/c1-4-11-8-12(24-19-11)9-20(2)16(22)18-14-6-5-10(7-13(14)17)15(21)23-3/h5-8H,4,9H2,1-3H3,(H,18,22). The highest BCUT2D eigenvalue weighted by Crippen LogP contribution is 2.24. The van der Waals surface area contributed by atoms with Crippen LogP contribution in [0.4, 0.5) is 10.5 Å². The number of amides is 2. The van der Waals surface area contributed by atoms with Gasteiger partial charge in [-0.05, 0) is 24.6 Å². The zero-order valence-corrected chi connectivity index (χ0v) is 14.4. The third-order valence-electron chi connectivity index (χ3n) is 3.34. The second-order valence-electron chi connectivity index (χ2n) is 5.11. The van der Waals surface area contributed by atoms with Gasteiger partial charge in [-0.3, -0.25) is 0 Å². The molecule has 0 unspecified atom stereocenters. The number of anilines is 1. The van der Waals surface area contributed by atoms with Gasteiger partial charge in [0, 0.05) is 13.1 Å². The van der Waals surface area contributed by atoms with Gasteiger partial charge in [0.25, 0.3) is 0 Å². The average Bonchev–Trinajstić information content (AvgIpc) is 3.03. The largest absolute Gasteiger partial charge is 0.465 e. The number of hydrogen-bond acceptors (Lipinski definition) is 5. The summed E-state index contributed by atoms with van der Waals surface area (Å²) in [4.78, 5) is 25.1. The van der Waals surface area contributed by atoms with Crippen LogP contribution in [-0.2, 0) is 17.7 Å². The van der Waals surface area contributed by atoms with Gasteiger partial charge in [0.1, 0.15) is 0 Å². The molecule has 2 rings (SSSR count). The lowest BCUT2D eigenvalue weighted by Gasteiger charge is -2.17. The van der Waals surface area contributed by atoms with Crippen molar-refractivity contribution in [1.82, 2.24) is 10.1 Å². The Balaban J connectivity index is 2.01. The van der Waals surface area contributed by atoms with Crippen LogP contribution in [0.3, 0.4) is 0 Å². The van der Waals surface area contributed by atoms with E-state index >= 15 is 0 Å². The highest BCUT2D eigenvalue weighted by Gasteiger charge is 2.15. The lowest BCUT2D eigenvalue weighted by Crippen LogP contribution is -2.30. The zero-order valence-electron chi connectivity index (χ0n) is 13.6. The van der Waals surface area contributed by atoms with E-state index in [1.54, 1.807) is 13.1 Å². The number of nitrogens with one attached hydrogen (secondary N) is 1. The Morgan fingerprint density at radius 2 is 2.12 bits per heavy atom. The summed E-state index contributed by atoms with van der Waals surface area (Å²) in [7, 11) is 2.91. The maximum absolute atomic E-state index is 12.2. The third-order valence-corrected chi connectivity index (χ3v) is 3.65. The predicted molar refractivity (Wildman–Crippen MR) is 89.2 cm³/mol. The summed E-state index contributed by atoms with van der Waals surface area (Å²) >= 11 is 6.09. The van der Waals surface area contributed by atoms with Gasteiger partial charge >= 0.3 is 12.0 Å². The van der Waals surface area contributed by atoms with Crippen molar-refractivity contribution in [2.75, 3.05) is 19.5 Å². The molecule has 0 aliphatic carbocycles. The van der Waals surface area contributed by atoms with Gasteiger partial charge in [-0.15, -0.1) is 0 Å². The molecule has 0 radical (unpaired) electrons. The molecule has 8 heteroatoms. The van der Waals surface area contributed by atoms with Gasteiger partial charge in [0.2, 0.25) is 0 Å². The first-order valence-corrected chi connectivity index (χ1v) is 7.66. The number of methoxy groups -OCH3 is 1. The van der Waals surface area contributed by atoms with Crippen molar-refractivity contribution >= 4 is 29.3 Å². The number of benzene rings is 1. The fourth-order valence-corrected chi connectivity index (χ4v) is 2.20. The number of nitrogens with zero attached hydrogens (tertiary/aromatic N) is 2. The van der Waals surface area contributed by atoms with Crippen LogP contribution in [0.5, 0.6) is 0 Å². The lowest BCUT2D eigenvalue weighted by atomic mass is 10.2. The molecule has 0 atom stereocenters. The van der Waals surface area contributed by atoms with E-state index in [0.29, 0.717) is 17.0 Å². The Morgan fingerprint density at radius 3 is 2.71 bits per heavy atom. The number of aryl methyl sites for hydroxylation is 1. The fourth-order valence-electron chi connectivity index (χ4n) is 1.97. The first kappa shape index (κ1) is 17.8. The maximum atomic E-state index is 12.2. The average molecular weight is 352 g/mol. The molecule has 1 N–H and O–H groups in total. The second-order valence-corrected chi connectivity index (χ2v) is 5.52. The molecular formula is C16H18ClN3O4. The molecule has 7 nitrogen and oxygen atoms in total. The second kappa shape index (κ2) is 7.83. The molecule has 2 aromatic rings. The van der Waals surface area contributed by atoms with Crippen LogP contribution in [0.1, 0.15) is 28.7 Å². The van der Waals surface area contributed by atoms with Crippen LogP contribution in [-0.4, -0.2) is 36.2 Å². The number of carbonyl (C=O) groups is 2. The molecule has 0 saturated carbocycles. The number of carbonyl (C=O) groups excluding carboxylic acids is 2. The van der Waals surface area contributed by atoms with E-state index in [9.17, 15) is 9.59 Å². The van der Waals surface area contributed by atoms with Gasteiger partial charge < -0.3 is 19.5 Å². The molecule has 0 aliphatic heterocycles. The van der Waals surface area contributed by atoms with E-state index in [1.165, 1.54) is 24.1 Å². The smallest absolute Gasteiger partial charge is 0.337 e. The first-order valence-electron chi connectivity index (χ1n) is 7.29. The van der Waals surface area contributed by atoms with Crippen molar-refractivity contribution in [2.45, 2.75) is 19.9 Å². The van der Waals surface area contributed by atoms with Crippen LogP contribution < -0.4 is 5.32 Å². The number of hydrogen-bond donors (Lipinski definition) is 1. The first-order chi connectivity index (χ1) is 11.4. The van der Waals surface area contributed by atoms with Crippen molar-refractivity contribution in [3.63, 3.8) is 0 Å². The minimum atomic E-state index is -0.496. The number of urea groups is 1. The molecule has 0 saturated heterocycles. The molecule has 128 valence electrons. The van der Waals surface area contributed by atoms with Crippen LogP contribution in [0.25, 0.3) is 0 Å². The Kier molecular flexibility index (Phi) is 5.81. The van der Waals surface area contributed by atoms with Gasteiger partial charge in [-0.25, -0.2) is 9.59 Å². The zero-order chi connectivity index (χ0) is 17.7. The van der Waals surface area contributed by atoms with Crippen LogP contribution in [0, 0.1) is 0 Å². The highest BCUT2D eigenvalue weighted by molar-refractivity contribution is 6.34. The number of rotatable bonds is 5. The van der Waals surface area contributed by atoms with Crippen molar-refractivity contribution in [2.24, 2.45) is 0 Å². The minimum Gasteiger partial charge on any atom is -0.465 e. The monoisotopic (exact) mass is 351 g/mol. The Bertz CT molecular complexity index is 745. The van der Waals surface area contributed by atoms with Crippen molar-refractivity contribution in [3.05, 3.63) is 46.3 Å². The fraction of sp³-hybridized carbons (Fsp3) is 0.312. The molecule has 0 bridgehead atoms. The lowest BCUT2D eigenvalue weighted by molar-refractivity contribution is 0.0600. The highest BCUT2D eigenvalue weighted by atomic mass is 35.5. The topological polar surface area (TPSA) is 84.7 Å². The third kappa shape index (κ3) is 4.26. The van der Waals surface area contributed by atoms with Gasteiger partial charge in [-0.2, -0.15) is 0 Å². The summed E-state index contributed by atoms with van der Waals surface area (Å²) in [6.07, 6.45) is 0.765. The Morgan fingerprint density at radius 1 is 1.38 bits per heavy atom. The summed E-state index contributed by atoms with van der Waals surface area (Å²) in [5.74, 6) is 0.0978. The summed E-state index contributed by atoms with van der Waals surface area (Å²) in [5, 5.41) is 6.80. The predicted octanol–water partition coefficient (Wildman–Crippen LogP) is 3.34. The minimum absolute atomic E-state index is 0.243. The number of ether oxygens (including phenoxy) is 1. The molecular weight excluding hydrogens is 334 g/mol. The van der Waals surface area contributed by atoms with Gasteiger partial charge in [-0.1, -0.05) is 23.7 Å². The number of halogens is 1. The van der Waals surface area contributed by atoms with Crippen LogP contribution in [0.15, 0.2) is 28.8 Å². The molecule has 1 aromatic carbocycles. The van der Waals surface area contributed by atoms with Crippen molar-refractivity contribution < 1.29 is 18.8 Å². The summed E-state index contributed by atoms with van der Waals surface area (Å²) < 4.78 is 9.77. The summed E-state index contributed by atoms with van der Waals surface area (Å²) in [6.45, 7) is 2.24. The van der Waals surface area contributed by atoms with Crippen LogP contribution >= 0.6 is 11.6 Å². The molecule has 1 aromatic heterocycles. The number of esters is 1. The summed E-state index contributed by atoms with van der Waals surface area (Å²) in [5.41, 5.74) is 1.54. The Hall–Kier alpha value is -2.54. The van der Waals surface area contributed by atoms with E-state index in [4.69, 9.17) is 16.1 Å². The normalized spacial score (nSPS) is 10.3. The van der Waals surface area contributed by atoms with Gasteiger partial charge in [0.15, 0.2) is 5.76 Å². The van der Waals surface area contributed by atoms with E-state index in [2.05, 4.69) is 15.2 Å².